The zero-order valence-electron chi connectivity index (χ0n) is 16.0. The van der Waals surface area contributed by atoms with E-state index in [1.807, 2.05) is 27.7 Å². The molecule has 0 radical (unpaired) electrons. The number of carbonyl (C=O) groups excluding carboxylic acids is 1. The molecule has 0 heterocycles. The third-order valence-corrected chi connectivity index (χ3v) is 3.32. The Morgan fingerprint density at radius 3 is 1.71 bits per heavy atom. The van der Waals surface area contributed by atoms with Crippen molar-refractivity contribution in [2.24, 2.45) is 0 Å². The highest BCUT2D eigenvalue weighted by molar-refractivity contribution is 5.69. The van der Waals surface area contributed by atoms with Gasteiger partial charge in [-0.2, -0.15) is 0 Å². The highest BCUT2D eigenvalue weighted by atomic mass is 16.5. The van der Waals surface area contributed by atoms with Crippen molar-refractivity contribution < 1.29 is 28.9 Å². The smallest absolute Gasteiger partial charge is 0.305 e. The van der Waals surface area contributed by atoms with Gasteiger partial charge in [-0.1, -0.05) is 13.8 Å². The van der Waals surface area contributed by atoms with Gasteiger partial charge in [0, 0.05) is 26.1 Å². The minimum absolute atomic E-state index is 0.129. The van der Waals surface area contributed by atoms with Gasteiger partial charge in [0.15, 0.2) is 0 Å². The third-order valence-electron chi connectivity index (χ3n) is 3.32. The first-order valence-corrected chi connectivity index (χ1v) is 8.97. The summed E-state index contributed by atoms with van der Waals surface area (Å²) in [5.41, 5.74) is 0. The van der Waals surface area contributed by atoms with Gasteiger partial charge in [-0.3, -0.25) is 9.59 Å². The topological polar surface area (TPSA) is 82.1 Å². The van der Waals surface area contributed by atoms with Crippen LogP contribution < -0.4 is 0 Å². The van der Waals surface area contributed by atoms with Crippen molar-refractivity contribution in [1.82, 2.24) is 0 Å². The van der Waals surface area contributed by atoms with Crippen LogP contribution in [-0.2, 0) is 23.8 Å². The average molecular weight is 348 g/mol. The zero-order chi connectivity index (χ0) is 18.8. The molecule has 0 aromatic carbocycles. The average Bonchev–Trinajstić information content (AvgIpc) is 2.55. The summed E-state index contributed by atoms with van der Waals surface area (Å²) in [6, 6.07) is 0. The van der Waals surface area contributed by atoms with Crippen LogP contribution in [0.25, 0.3) is 0 Å². The van der Waals surface area contributed by atoms with E-state index in [1.165, 1.54) is 0 Å². The molecular weight excluding hydrogens is 312 g/mol. The maximum atomic E-state index is 10.9. The van der Waals surface area contributed by atoms with Gasteiger partial charge in [-0.05, 0) is 46.5 Å². The lowest BCUT2D eigenvalue weighted by molar-refractivity contribution is -0.143. The molecule has 0 amide bonds. The molecule has 0 fully saturated rings. The molecular formula is C18H36O6. The van der Waals surface area contributed by atoms with Gasteiger partial charge in [0.05, 0.1) is 18.8 Å². The van der Waals surface area contributed by atoms with E-state index in [0.717, 1.165) is 19.3 Å². The maximum absolute atomic E-state index is 10.9. The number of hydrogen-bond donors (Lipinski definition) is 1. The first-order chi connectivity index (χ1) is 11.4. The second-order valence-electron chi connectivity index (χ2n) is 5.59. The Bertz CT molecular complexity index is 306. The molecule has 0 aromatic rings. The van der Waals surface area contributed by atoms with Crippen LogP contribution in [0.1, 0.15) is 73.1 Å². The summed E-state index contributed by atoms with van der Waals surface area (Å²) in [5, 5.41) is 8.28. The summed E-state index contributed by atoms with van der Waals surface area (Å²) in [7, 11) is 0. The fourth-order valence-electron chi connectivity index (χ4n) is 1.48. The van der Waals surface area contributed by atoms with E-state index in [-0.39, 0.29) is 18.5 Å². The van der Waals surface area contributed by atoms with Gasteiger partial charge in [0.1, 0.15) is 0 Å². The van der Waals surface area contributed by atoms with Crippen molar-refractivity contribution in [3.05, 3.63) is 0 Å². The van der Waals surface area contributed by atoms with Crippen LogP contribution in [0.2, 0.25) is 0 Å². The van der Waals surface area contributed by atoms with Gasteiger partial charge in [0.2, 0.25) is 0 Å². The van der Waals surface area contributed by atoms with Crippen LogP contribution in [0.4, 0.5) is 0 Å². The molecule has 6 heteroatoms. The minimum Gasteiger partial charge on any atom is -0.481 e. The van der Waals surface area contributed by atoms with E-state index in [1.54, 1.807) is 0 Å². The van der Waals surface area contributed by atoms with Crippen molar-refractivity contribution in [3.8, 4) is 0 Å². The van der Waals surface area contributed by atoms with Gasteiger partial charge in [-0.15, -0.1) is 0 Å². The molecule has 24 heavy (non-hydrogen) atoms. The molecule has 0 rings (SSSR count). The van der Waals surface area contributed by atoms with Crippen LogP contribution in [0.3, 0.4) is 0 Å². The highest BCUT2D eigenvalue weighted by Crippen LogP contribution is 2.00. The molecule has 144 valence electrons. The molecule has 0 saturated carbocycles. The Hall–Kier alpha value is -1.14. The standard InChI is InChI=1S/C10H20O3.C8H16O3/c1-4-9(3)13-8-6-7-10(11)12-5-2;1-3-7(2)11-6-4-5-8(9)10/h9H,4-8H2,1-3H3;7H,3-6H2,1-2H3,(H,9,10). The molecule has 0 aromatic heterocycles. The van der Waals surface area contributed by atoms with Crippen molar-refractivity contribution in [2.75, 3.05) is 19.8 Å². The molecule has 0 saturated heterocycles. The fraction of sp³-hybridized carbons (Fsp3) is 0.889. The lowest BCUT2D eigenvalue weighted by atomic mass is 10.3. The number of aliphatic carboxylic acids is 1. The lowest BCUT2D eigenvalue weighted by Gasteiger charge is -2.09. The second kappa shape index (κ2) is 18.2. The third kappa shape index (κ3) is 20.9. The van der Waals surface area contributed by atoms with Crippen molar-refractivity contribution >= 4 is 11.9 Å². The molecule has 0 aliphatic carbocycles. The number of carboxylic acids is 1. The van der Waals surface area contributed by atoms with Crippen LogP contribution in [0.5, 0.6) is 0 Å². The number of carboxylic acid groups (broad SMARTS) is 1. The summed E-state index contributed by atoms with van der Waals surface area (Å²) in [4.78, 5) is 20.9. The van der Waals surface area contributed by atoms with Gasteiger partial charge in [0.25, 0.3) is 0 Å². The summed E-state index contributed by atoms with van der Waals surface area (Å²) in [5.74, 6) is -0.881. The van der Waals surface area contributed by atoms with E-state index in [0.29, 0.717) is 38.8 Å². The minimum atomic E-state index is -0.752. The van der Waals surface area contributed by atoms with Crippen LogP contribution in [-0.4, -0.2) is 49.1 Å². The Balaban J connectivity index is 0. The second-order valence-corrected chi connectivity index (χ2v) is 5.59. The molecule has 0 spiro atoms. The van der Waals surface area contributed by atoms with Crippen molar-refractivity contribution in [2.45, 2.75) is 85.4 Å². The Labute approximate surface area is 146 Å². The number of esters is 1. The SMILES string of the molecule is CCC(C)OCCCC(=O)O.CCOC(=O)CCCOC(C)CC. The summed E-state index contributed by atoms with van der Waals surface area (Å²) in [6.45, 7) is 11.6. The van der Waals surface area contributed by atoms with E-state index in [4.69, 9.17) is 19.3 Å². The number of ether oxygens (including phenoxy) is 3. The zero-order valence-corrected chi connectivity index (χ0v) is 16.0. The lowest BCUT2D eigenvalue weighted by Crippen LogP contribution is -2.10. The highest BCUT2D eigenvalue weighted by Gasteiger charge is 2.02. The first kappa shape index (κ1) is 25.1. The van der Waals surface area contributed by atoms with Gasteiger partial charge < -0.3 is 19.3 Å². The molecule has 6 nitrogen and oxygen atoms in total. The summed E-state index contributed by atoms with van der Waals surface area (Å²) in [6.07, 6.45) is 4.57. The van der Waals surface area contributed by atoms with E-state index in [2.05, 4.69) is 6.92 Å². The molecule has 0 bridgehead atoms. The summed E-state index contributed by atoms with van der Waals surface area (Å²) < 4.78 is 15.5. The van der Waals surface area contributed by atoms with E-state index >= 15 is 0 Å². The predicted octanol–water partition coefficient (Wildman–Crippen LogP) is 3.81. The van der Waals surface area contributed by atoms with E-state index in [9.17, 15) is 9.59 Å². The quantitative estimate of drug-likeness (QED) is 0.402. The normalized spacial score (nSPS) is 12.7. The molecule has 1 N–H and O–H groups in total. The molecule has 2 atom stereocenters. The number of rotatable bonds is 13. The predicted molar refractivity (Wildman–Crippen MR) is 94.1 cm³/mol. The summed E-state index contributed by atoms with van der Waals surface area (Å²) >= 11 is 0. The molecule has 0 aliphatic heterocycles. The van der Waals surface area contributed by atoms with Crippen LogP contribution >= 0.6 is 0 Å². The molecule has 2 unspecified atom stereocenters. The first-order valence-electron chi connectivity index (χ1n) is 8.97. The number of hydrogen-bond acceptors (Lipinski definition) is 5. The van der Waals surface area contributed by atoms with Crippen LogP contribution in [0.15, 0.2) is 0 Å². The van der Waals surface area contributed by atoms with Gasteiger partial charge >= 0.3 is 11.9 Å². The monoisotopic (exact) mass is 348 g/mol. The Morgan fingerprint density at radius 1 is 0.875 bits per heavy atom. The van der Waals surface area contributed by atoms with Crippen LogP contribution in [0, 0.1) is 0 Å². The van der Waals surface area contributed by atoms with Crippen molar-refractivity contribution in [1.29, 1.82) is 0 Å². The fourth-order valence-corrected chi connectivity index (χ4v) is 1.48. The number of carbonyl (C=O) groups is 2. The largest absolute Gasteiger partial charge is 0.481 e. The Kier molecular flexibility index (Phi) is 19.0. The van der Waals surface area contributed by atoms with E-state index < -0.39 is 5.97 Å². The Morgan fingerprint density at radius 2 is 1.33 bits per heavy atom. The molecule has 0 aliphatic rings. The van der Waals surface area contributed by atoms with Gasteiger partial charge in [-0.25, -0.2) is 0 Å². The van der Waals surface area contributed by atoms with Crippen molar-refractivity contribution in [3.63, 3.8) is 0 Å². The maximum Gasteiger partial charge on any atom is 0.305 e.